The number of rotatable bonds is 2. The fourth-order valence-electron chi connectivity index (χ4n) is 2.43. The molecule has 1 aliphatic rings. The molecule has 0 heterocycles. The van der Waals surface area contributed by atoms with Crippen LogP contribution in [0.2, 0.25) is 5.02 Å². The number of carbonyl (C=O) groups is 1. The molecule has 0 unspecified atom stereocenters. The molecule has 0 saturated heterocycles. The van der Waals surface area contributed by atoms with Crippen LogP contribution in [0, 0.1) is 5.41 Å². The number of hydrogen-bond donors (Lipinski definition) is 1. The van der Waals surface area contributed by atoms with Gasteiger partial charge in [0.2, 0.25) is 0 Å². The van der Waals surface area contributed by atoms with Gasteiger partial charge in [-0.2, -0.15) is 13.2 Å². The zero-order valence-electron chi connectivity index (χ0n) is 11.6. The molecule has 0 saturated carbocycles. The van der Waals surface area contributed by atoms with E-state index in [-0.39, 0.29) is 21.9 Å². The molecule has 2 rings (SSSR count). The molecule has 2 nitrogen and oxygen atoms in total. The molecule has 1 aromatic rings. The van der Waals surface area contributed by atoms with Gasteiger partial charge in [0.1, 0.15) is 0 Å². The van der Waals surface area contributed by atoms with E-state index in [2.05, 4.69) is 5.32 Å². The van der Waals surface area contributed by atoms with Crippen molar-refractivity contribution in [1.82, 2.24) is 0 Å². The highest BCUT2D eigenvalue weighted by Gasteiger charge is 2.33. The van der Waals surface area contributed by atoms with Gasteiger partial charge < -0.3 is 5.32 Å². The van der Waals surface area contributed by atoms with Gasteiger partial charge in [-0.25, -0.2) is 0 Å². The summed E-state index contributed by atoms with van der Waals surface area (Å²) >= 11 is 5.58. The van der Waals surface area contributed by atoms with Crippen LogP contribution in [0.3, 0.4) is 0 Å². The Bertz CT molecular complexity index is 605. The van der Waals surface area contributed by atoms with Crippen molar-refractivity contribution in [2.24, 2.45) is 5.41 Å². The summed E-state index contributed by atoms with van der Waals surface area (Å²) in [6, 6.07) is 3.61. The molecule has 6 heteroatoms. The number of carbonyl (C=O) groups excluding carboxylic acids is 1. The number of allylic oxidation sites excluding steroid dienone is 2. The van der Waals surface area contributed by atoms with Gasteiger partial charge in [0.25, 0.3) is 0 Å². The number of alkyl halides is 3. The molecular formula is C15H15ClF3NO. The van der Waals surface area contributed by atoms with Crippen molar-refractivity contribution in [2.45, 2.75) is 32.9 Å². The Morgan fingerprint density at radius 2 is 1.90 bits per heavy atom. The Morgan fingerprint density at radius 3 is 2.48 bits per heavy atom. The van der Waals surface area contributed by atoms with E-state index in [4.69, 9.17) is 11.6 Å². The van der Waals surface area contributed by atoms with Gasteiger partial charge in [-0.1, -0.05) is 25.4 Å². The second-order valence-electron chi connectivity index (χ2n) is 5.97. The Labute approximate surface area is 126 Å². The monoisotopic (exact) mass is 317 g/mol. The molecule has 1 N–H and O–H groups in total. The molecule has 1 aliphatic carbocycles. The Hall–Kier alpha value is -1.49. The molecule has 0 amide bonds. The summed E-state index contributed by atoms with van der Waals surface area (Å²) in [6.45, 7) is 3.89. The molecular weight excluding hydrogens is 303 g/mol. The second kappa shape index (κ2) is 5.37. The van der Waals surface area contributed by atoms with Crippen molar-refractivity contribution in [3.63, 3.8) is 0 Å². The topological polar surface area (TPSA) is 29.1 Å². The zero-order chi connectivity index (χ0) is 15.8. The minimum absolute atomic E-state index is 0.0289. The maximum atomic E-state index is 12.8. The molecule has 0 aromatic heterocycles. The molecule has 0 aliphatic heterocycles. The normalized spacial score (nSPS) is 18.4. The predicted octanol–water partition coefficient (Wildman–Crippen LogP) is 5.04. The lowest BCUT2D eigenvalue weighted by Gasteiger charge is -2.29. The maximum absolute atomic E-state index is 12.8. The highest BCUT2D eigenvalue weighted by atomic mass is 35.5. The van der Waals surface area contributed by atoms with E-state index < -0.39 is 11.7 Å². The molecule has 0 atom stereocenters. The second-order valence-corrected chi connectivity index (χ2v) is 6.38. The van der Waals surface area contributed by atoms with Crippen LogP contribution < -0.4 is 5.32 Å². The third-order valence-corrected chi connectivity index (χ3v) is 3.56. The summed E-state index contributed by atoms with van der Waals surface area (Å²) < 4.78 is 38.4. The van der Waals surface area contributed by atoms with Crippen molar-refractivity contribution < 1.29 is 18.0 Å². The average Bonchev–Trinajstić information content (AvgIpc) is 2.27. The first-order valence-corrected chi connectivity index (χ1v) is 6.82. The Morgan fingerprint density at radius 1 is 1.24 bits per heavy atom. The summed E-state index contributed by atoms with van der Waals surface area (Å²) in [5.41, 5.74) is -0.209. The Balaban J connectivity index is 2.27. The number of nitrogens with one attached hydrogen (secondary N) is 1. The van der Waals surface area contributed by atoms with Crippen molar-refractivity contribution in [2.75, 3.05) is 5.32 Å². The first-order chi connectivity index (χ1) is 9.57. The Kier molecular flexibility index (Phi) is 4.06. The van der Waals surface area contributed by atoms with Crippen LogP contribution in [-0.4, -0.2) is 5.78 Å². The van der Waals surface area contributed by atoms with Gasteiger partial charge in [0, 0.05) is 23.9 Å². The smallest absolute Gasteiger partial charge is 0.359 e. The van der Waals surface area contributed by atoms with Gasteiger partial charge in [-0.15, -0.1) is 0 Å². The first kappa shape index (κ1) is 15.9. The van der Waals surface area contributed by atoms with E-state index in [1.807, 2.05) is 13.8 Å². The molecule has 0 fully saturated rings. The van der Waals surface area contributed by atoms with E-state index >= 15 is 0 Å². The molecule has 21 heavy (non-hydrogen) atoms. The molecule has 0 spiro atoms. The van der Waals surface area contributed by atoms with Crippen LogP contribution in [-0.2, 0) is 11.0 Å². The van der Waals surface area contributed by atoms with Gasteiger partial charge in [-0.05, 0) is 30.0 Å². The van der Waals surface area contributed by atoms with E-state index in [0.717, 1.165) is 6.07 Å². The number of hydrogen-bond acceptors (Lipinski definition) is 2. The molecule has 0 bridgehead atoms. The lowest BCUT2D eigenvalue weighted by atomic mass is 9.79. The molecule has 0 radical (unpaired) electrons. The summed E-state index contributed by atoms with van der Waals surface area (Å²) in [4.78, 5) is 11.6. The predicted molar refractivity (Wildman–Crippen MR) is 76.2 cm³/mol. The van der Waals surface area contributed by atoms with Crippen molar-refractivity contribution >= 4 is 23.1 Å². The SMILES string of the molecule is CC1(C)CC(=O)C=C(Nc2ccc(Cl)c(C(F)(F)F)c2)C1. The number of ketones is 1. The molecule has 1 aromatic carbocycles. The third-order valence-electron chi connectivity index (χ3n) is 3.23. The van der Waals surface area contributed by atoms with E-state index in [9.17, 15) is 18.0 Å². The standard InChI is InChI=1S/C15H15ClF3NO/c1-14(2)7-10(5-11(21)8-14)20-9-3-4-13(16)12(6-9)15(17,18)19/h3-6,20H,7-8H2,1-2H3. The molecule has 114 valence electrons. The fourth-order valence-corrected chi connectivity index (χ4v) is 2.66. The quantitative estimate of drug-likeness (QED) is 0.827. The summed E-state index contributed by atoms with van der Waals surface area (Å²) in [6.07, 6.45) is -2.02. The van der Waals surface area contributed by atoms with E-state index in [1.54, 1.807) is 0 Å². The number of anilines is 1. The van der Waals surface area contributed by atoms with Gasteiger partial charge >= 0.3 is 6.18 Å². The van der Waals surface area contributed by atoms with Gasteiger partial charge in [-0.3, -0.25) is 4.79 Å². The summed E-state index contributed by atoms with van der Waals surface area (Å²) in [7, 11) is 0. The summed E-state index contributed by atoms with van der Waals surface area (Å²) in [5.74, 6) is -0.0289. The highest BCUT2D eigenvalue weighted by Crippen LogP contribution is 2.38. The minimum Gasteiger partial charge on any atom is -0.359 e. The average molecular weight is 318 g/mol. The largest absolute Gasteiger partial charge is 0.417 e. The van der Waals surface area contributed by atoms with Crippen LogP contribution in [0.25, 0.3) is 0 Å². The van der Waals surface area contributed by atoms with Crippen molar-refractivity contribution in [1.29, 1.82) is 0 Å². The first-order valence-electron chi connectivity index (χ1n) is 6.44. The maximum Gasteiger partial charge on any atom is 0.417 e. The van der Waals surface area contributed by atoms with Gasteiger partial charge in [0.15, 0.2) is 5.78 Å². The lowest BCUT2D eigenvalue weighted by molar-refractivity contribution is -0.137. The van der Waals surface area contributed by atoms with Crippen molar-refractivity contribution in [3.8, 4) is 0 Å². The highest BCUT2D eigenvalue weighted by molar-refractivity contribution is 6.31. The van der Waals surface area contributed by atoms with E-state index in [0.29, 0.717) is 18.5 Å². The number of halogens is 4. The fraction of sp³-hybridized carbons (Fsp3) is 0.400. The van der Waals surface area contributed by atoms with Crippen LogP contribution >= 0.6 is 11.6 Å². The zero-order valence-corrected chi connectivity index (χ0v) is 12.4. The minimum atomic E-state index is -4.51. The summed E-state index contributed by atoms with van der Waals surface area (Å²) in [5, 5.41) is 2.54. The van der Waals surface area contributed by atoms with Gasteiger partial charge in [0.05, 0.1) is 10.6 Å². The van der Waals surface area contributed by atoms with Crippen LogP contribution in [0.4, 0.5) is 18.9 Å². The number of benzene rings is 1. The lowest BCUT2D eigenvalue weighted by Crippen LogP contribution is -2.24. The van der Waals surface area contributed by atoms with Crippen LogP contribution in [0.5, 0.6) is 0 Å². The van der Waals surface area contributed by atoms with E-state index in [1.165, 1.54) is 18.2 Å². The third kappa shape index (κ3) is 4.00. The van der Waals surface area contributed by atoms with Crippen LogP contribution in [0.15, 0.2) is 30.0 Å². The van der Waals surface area contributed by atoms with Crippen LogP contribution in [0.1, 0.15) is 32.3 Å². The van der Waals surface area contributed by atoms with Crippen molar-refractivity contribution in [3.05, 3.63) is 40.6 Å².